The molecule has 0 aliphatic carbocycles. The standard InChI is InChI=1S/C18H22N2O5/c1-24-11-18(17(22)23)6-7-20(10-18)15(21)8-12-9-19-13-4-3-5-14(25-2)16(12)13/h3-5,9,19H,6-8,10-11H2,1-2H3,(H,22,23). The number of likely N-dealkylation sites (tertiary alicyclic amines) is 1. The lowest BCUT2D eigenvalue weighted by atomic mass is 9.88. The highest BCUT2D eigenvalue weighted by molar-refractivity contribution is 5.93. The number of hydrogen-bond acceptors (Lipinski definition) is 4. The van der Waals surface area contributed by atoms with Crippen molar-refractivity contribution in [3.05, 3.63) is 30.0 Å². The van der Waals surface area contributed by atoms with Gasteiger partial charge in [-0.15, -0.1) is 0 Å². The number of aromatic nitrogens is 1. The maximum absolute atomic E-state index is 12.7. The van der Waals surface area contributed by atoms with E-state index in [1.165, 1.54) is 7.11 Å². The Hall–Kier alpha value is -2.54. The number of ether oxygens (including phenoxy) is 2. The Morgan fingerprint density at radius 3 is 2.84 bits per heavy atom. The lowest BCUT2D eigenvalue weighted by molar-refractivity contribution is -0.151. The zero-order valence-electron chi connectivity index (χ0n) is 14.4. The van der Waals surface area contributed by atoms with Crippen molar-refractivity contribution in [2.24, 2.45) is 5.41 Å². The van der Waals surface area contributed by atoms with Gasteiger partial charge in [0.05, 0.1) is 20.1 Å². The highest BCUT2D eigenvalue weighted by Gasteiger charge is 2.46. The van der Waals surface area contributed by atoms with Gasteiger partial charge in [0.15, 0.2) is 0 Å². The van der Waals surface area contributed by atoms with Crippen LogP contribution >= 0.6 is 0 Å². The predicted octanol–water partition coefficient (Wildman–Crippen LogP) is 1.67. The molecule has 3 rings (SSSR count). The average Bonchev–Trinajstić information content (AvgIpc) is 3.21. The number of carboxylic acid groups (broad SMARTS) is 1. The molecular weight excluding hydrogens is 324 g/mol. The number of aromatic amines is 1. The lowest BCUT2D eigenvalue weighted by Crippen LogP contribution is -2.40. The van der Waals surface area contributed by atoms with E-state index < -0.39 is 11.4 Å². The van der Waals surface area contributed by atoms with Gasteiger partial charge in [-0.1, -0.05) is 6.07 Å². The first-order valence-corrected chi connectivity index (χ1v) is 8.14. The molecule has 7 heteroatoms. The first-order valence-electron chi connectivity index (χ1n) is 8.14. The van der Waals surface area contributed by atoms with E-state index in [2.05, 4.69) is 4.98 Å². The van der Waals surface area contributed by atoms with Crippen LogP contribution in [-0.2, 0) is 20.7 Å². The lowest BCUT2D eigenvalue weighted by Gasteiger charge is -2.23. The van der Waals surface area contributed by atoms with Crippen LogP contribution in [0.2, 0.25) is 0 Å². The van der Waals surface area contributed by atoms with Crippen molar-refractivity contribution in [3.63, 3.8) is 0 Å². The third-order valence-electron chi connectivity index (χ3n) is 4.89. The van der Waals surface area contributed by atoms with Gasteiger partial charge < -0.3 is 24.5 Å². The smallest absolute Gasteiger partial charge is 0.313 e. The van der Waals surface area contributed by atoms with Crippen LogP contribution in [-0.4, -0.2) is 60.8 Å². The fourth-order valence-corrected chi connectivity index (χ4v) is 3.52. The number of aliphatic carboxylic acids is 1. The van der Waals surface area contributed by atoms with Crippen molar-refractivity contribution in [1.82, 2.24) is 9.88 Å². The molecule has 2 heterocycles. The molecule has 134 valence electrons. The summed E-state index contributed by atoms with van der Waals surface area (Å²) in [6, 6.07) is 5.67. The van der Waals surface area contributed by atoms with Gasteiger partial charge >= 0.3 is 5.97 Å². The molecule has 1 saturated heterocycles. The highest BCUT2D eigenvalue weighted by Crippen LogP contribution is 2.33. The summed E-state index contributed by atoms with van der Waals surface area (Å²) in [5.74, 6) is -0.299. The van der Waals surface area contributed by atoms with Crippen molar-refractivity contribution in [2.45, 2.75) is 12.8 Å². The third-order valence-corrected chi connectivity index (χ3v) is 4.89. The van der Waals surface area contributed by atoms with Crippen LogP contribution in [0.1, 0.15) is 12.0 Å². The van der Waals surface area contributed by atoms with Crippen LogP contribution in [0.25, 0.3) is 10.9 Å². The molecule has 0 spiro atoms. The van der Waals surface area contributed by atoms with E-state index in [-0.39, 0.29) is 25.5 Å². The van der Waals surface area contributed by atoms with Gasteiger partial charge in [-0.2, -0.15) is 0 Å². The predicted molar refractivity (Wildman–Crippen MR) is 91.7 cm³/mol. The molecule has 1 aromatic carbocycles. The largest absolute Gasteiger partial charge is 0.496 e. The van der Waals surface area contributed by atoms with E-state index in [0.717, 1.165) is 16.5 Å². The summed E-state index contributed by atoms with van der Waals surface area (Å²) >= 11 is 0. The Balaban J connectivity index is 1.79. The monoisotopic (exact) mass is 346 g/mol. The Labute approximate surface area is 145 Å². The molecule has 1 amide bonds. The number of carbonyl (C=O) groups is 2. The van der Waals surface area contributed by atoms with Crippen LogP contribution in [0.3, 0.4) is 0 Å². The molecule has 1 aliphatic rings. The number of rotatable bonds is 6. The van der Waals surface area contributed by atoms with E-state index in [1.807, 2.05) is 18.2 Å². The molecule has 2 N–H and O–H groups in total. The highest BCUT2D eigenvalue weighted by atomic mass is 16.5. The Bertz CT molecular complexity index is 800. The Morgan fingerprint density at radius 1 is 1.36 bits per heavy atom. The number of methoxy groups -OCH3 is 2. The summed E-state index contributed by atoms with van der Waals surface area (Å²) in [6.45, 7) is 0.704. The summed E-state index contributed by atoms with van der Waals surface area (Å²) in [6.07, 6.45) is 2.41. The average molecular weight is 346 g/mol. The molecule has 0 bridgehead atoms. The zero-order chi connectivity index (χ0) is 18.0. The molecule has 1 unspecified atom stereocenters. The minimum absolute atomic E-state index is 0.0916. The van der Waals surface area contributed by atoms with Gasteiger partial charge in [0.2, 0.25) is 5.91 Å². The number of H-pyrrole nitrogens is 1. The molecule has 25 heavy (non-hydrogen) atoms. The summed E-state index contributed by atoms with van der Waals surface area (Å²) in [7, 11) is 3.08. The summed E-state index contributed by atoms with van der Waals surface area (Å²) in [5, 5.41) is 10.4. The second kappa shape index (κ2) is 6.76. The van der Waals surface area contributed by atoms with Gasteiger partial charge in [0.1, 0.15) is 11.2 Å². The van der Waals surface area contributed by atoms with Gasteiger partial charge in [0.25, 0.3) is 0 Å². The van der Waals surface area contributed by atoms with E-state index in [0.29, 0.717) is 18.7 Å². The number of amides is 1. The molecule has 0 radical (unpaired) electrons. The SMILES string of the molecule is COCC1(C(=O)O)CCN(C(=O)Cc2c[nH]c3cccc(OC)c23)C1. The van der Waals surface area contributed by atoms with Crippen molar-refractivity contribution < 1.29 is 24.2 Å². The summed E-state index contributed by atoms with van der Waals surface area (Å²) in [5.41, 5.74) is 0.738. The quantitative estimate of drug-likeness (QED) is 0.830. The van der Waals surface area contributed by atoms with Crippen LogP contribution in [0.5, 0.6) is 5.75 Å². The first kappa shape index (κ1) is 17.3. The van der Waals surface area contributed by atoms with Gasteiger partial charge in [0, 0.05) is 37.3 Å². The van der Waals surface area contributed by atoms with Gasteiger partial charge in [-0.25, -0.2) is 0 Å². The third kappa shape index (κ3) is 3.07. The Morgan fingerprint density at radius 2 is 2.16 bits per heavy atom. The molecular formula is C18H22N2O5. The normalized spacial score (nSPS) is 20.2. The molecule has 1 aliphatic heterocycles. The first-order chi connectivity index (χ1) is 12.0. The minimum atomic E-state index is -1.01. The summed E-state index contributed by atoms with van der Waals surface area (Å²) < 4.78 is 10.5. The zero-order valence-corrected chi connectivity index (χ0v) is 14.4. The molecule has 2 aromatic rings. The molecule has 0 saturated carbocycles. The second-order valence-electron chi connectivity index (χ2n) is 6.46. The van der Waals surface area contributed by atoms with Gasteiger partial charge in [-0.05, 0) is 24.1 Å². The molecule has 1 fully saturated rings. The minimum Gasteiger partial charge on any atom is -0.496 e. The fourth-order valence-electron chi connectivity index (χ4n) is 3.52. The number of fused-ring (bicyclic) bond motifs is 1. The van der Waals surface area contributed by atoms with E-state index >= 15 is 0 Å². The van der Waals surface area contributed by atoms with Crippen molar-refractivity contribution in [3.8, 4) is 5.75 Å². The van der Waals surface area contributed by atoms with Crippen molar-refractivity contribution >= 4 is 22.8 Å². The summed E-state index contributed by atoms with van der Waals surface area (Å²) in [4.78, 5) is 29.1. The maximum Gasteiger partial charge on any atom is 0.313 e. The number of hydrogen-bond donors (Lipinski definition) is 2. The Kier molecular flexibility index (Phi) is 4.67. The number of nitrogens with zero attached hydrogens (tertiary/aromatic N) is 1. The van der Waals surface area contributed by atoms with E-state index in [9.17, 15) is 14.7 Å². The van der Waals surface area contributed by atoms with Crippen LogP contribution < -0.4 is 4.74 Å². The number of nitrogens with one attached hydrogen (secondary N) is 1. The van der Waals surface area contributed by atoms with Crippen LogP contribution in [0.15, 0.2) is 24.4 Å². The number of benzene rings is 1. The number of carbonyl (C=O) groups excluding carboxylic acids is 1. The topological polar surface area (TPSA) is 91.9 Å². The van der Waals surface area contributed by atoms with Crippen molar-refractivity contribution in [1.29, 1.82) is 0 Å². The van der Waals surface area contributed by atoms with E-state index in [4.69, 9.17) is 9.47 Å². The van der Waals surface area contributed by atoms with Gasteiger partial charge in [-0.3, -0.25) is 9.59 Å². The second-order valence-corrected chi connectivity index (χ2v) is 6.46. The van der Waals surface area contributed by atoms with E-state index in [1.54, 1.807) is 18.2 Å². The van der Waals surface area contributed by atoms with Crippen molar-refractivity contribution in [2.75, 3.05) is 33.9 Å². The molecule has 1 atom stereocenters. The molecule has 7 nitrogen and oxygen atoms in total. The number of carboxylic acids is 1. The molecule has 1 aromatic heterocycles. The van der Waals surface area contributed by atoms with Crippen LogP contribution in [0.4, 0.5) is 0 Å². The maximum atomic E-state index is 12.7. The van der Waals surface area contributed by atoms with Crippen LogP contribution in [0, 0.1) is 5.41 Å². The fraction of sp³-hybridized carbons (Fsp3) is 0.444.